The number of halogens is 1. The van der Waals surface area contributed by atoms with Crippen molar-refractivity contribution in [1.29, 1.82) is 0 Å². The lowest BCUT2D eigenvalue weighted by Crippen LogP contribution is -2.22. The molecule has 2 rings (SSSR count). The van der Waals surface area contributed by atoms with Gasteiger partial charge in [0.2, 0.25) is 0 Å². The van der Waals surface area contributed by atoms with Gasteiger partial charge in [0.1, 0.15) is 25.2 Å². The van der Waals surface area contributed by atoms with Gasteiger partial charge in [0, 0.05) is 6.42 Å². The van der Waals surface area contributed by atoms with E-state index in [1.807, 2.05) is 0 Å². The Morgan fingerprint density at radius 1 is 1.81 bits per heavy atom. The van der Waals surface area contributed by atoms with Crippen molar-refractivity contribution in [2.75, 3.05) is 6.67 Å². The van der Waals surface area contributed by atoms with Gasteiger partial charge >= 0.3 is 5.95 Å². The van der Waals surface area contributed by atoms with Gasteiger partial charge in [-0.2, -0.15) is 0 Å². The van der Waals surface area contributed by atoms with E-state index in [0.717, 1.165) is 0 Å². The van der Waals surface area contributed by atoms with E-state index in [1.54, 1.807) is 0 Å². The molecule has 2 heterocycles. The molecule has 0 radical (unpaired) electrons. The summed E-state index contributed by atoms with van der Waals surface area (Å²) in [5.41, 5.74) is 0. The summed E-state index contributed by atoms with van der Waals surface area (Å²) in [6.07, 6.45) is 0.140. The van der Waals surface area contributed by atoms with Gasteiger partial charge in [-0.1, -0.05) is 4.98 Å². The minimum atomic E-state index is -0.947. The van der Waals surface area contributed by atoms with Crippen molar-refractivity contribution >= 4 is 5.95 Å². The Balaban J connectivity index is 2.20. The Morgan fingerprint density at radius 2 is 2.56 bits per heavy atom. The second-order valence-electron chi connectivity index (χ2n) is 3.48. The Kier molecular flexibility index (Phi) is 2.84. The SMILES string of the molecule is O=[N+]([O-])c1nccn1[C@H]1C[C@H](O)[C@@H](C[18F])O1. The molecule has 1 aromatic rings. The molecule has 1 N–H and O–H groups in total. The molecule has 0 saturated carbocycles. The topological polar surface area (TPSA) is 90.4 Å². The summed E-state index contributed by atoms with van der Waals surface area (Å²) in [6, 6.07) is 0. The van der Waals surface area contributed by atoms with Gasteiger partial charge in [0.05, 0.1) is 6.10 Å². The number of rotatable bonds is 3. The van der Waals surface area contributed by atoms with Gasteiger partial charge in [0.15, 0.2) is 6.23 Å². The van der Waals surface area contributed by atoms with Crippen molar-refractivity contribution in [3.8, 4) is 0 Å². The smallest absolute Gasteiger partial charge is 0.390 e. The third-order valence-corrected chi connectivity index (χ3v) is 2.48. The number of ether oxygens (including phenoxy) is 1. The molecule has 0 bridgehead atoms. The lowest BCUT2D eigenvalue weighted by Gasteiger charge is -2.10. The van der Waals surface area contributed by atoms with Crippen LogP contribution in [0.25, 0.3) is 0 Å². The molecule has 1 fully saturated rings. The zero-order valence-electron chi connectivity index (χ0n) is 8.19. The molecule has 0 unspecified atom stereocenters. The number of nitro groups is 1. The van der Waals surface area contributed by atoms with Gasteiger partial charge in [-0.25, -0.2) is 8.96 Å². The van der Waals surface area contributed by atoms with E-state index in [0.29, 0.717) is 0 Å². The number of aromatic nitrogens is 2. The van der Waals surface area contributed by atoms with Crippen molar-refractivity contribution in [2.45, 2.75) is 24.9 Å². The van der Waals surface area contributed by atoms with Gasteiger partial charge in [-0.15, -0.1) is 0 Å². The predicted octanol–water partition coefficient (Wildman–Crippen LogP) is 0.409. The summed E-state index contributed by atoms with van der Waals surface area (Å²) >= 11 is 0. The summed E-state index contributed by atoms with van der Waals surface area (Å²) in [5, 5.41) is 20.0. The number of imidazole rings is 1. The standard InChI is InChI=1S/C8H10FN3O4/c9-4-6-5(13)3-7(16-6)11-2-1-10-8(11)12(14)15/h1-2,5-7,13H,3-4H2/t5-,6+,7+/m0/s1/i9-1. The molecule has 88 valence electrons. The first-order valence-corrected chi connectivity index (χ1v) is 4.70. The molecule has 1 aromatic heterocycles. The summed E-state index contributed by atoms with van der Waals surface area (Å²) in [4.78, 5) is 13.5. The number of aliphatic hydroxyl groups excluding tert-OH is 1. The third kappa shape index (κ3) is 1.76. The molecule has 7 nitrogen and oxygen atoms in total. The fourth-order valence-corrected chi connectivity index (χ4v) is 1.70. The zero-order valence-corrected chi connectivity index (χ0v) is 8.19. The maximum atomic E-state index is 12.4. The minimum absolute atomic E-state index is 0.117. The summed E-state index contributed by atoms with van der Waals surface area (Å²) < 4.78 is 18.7. The van der Waals surface area contributed by atoms with Crippen LogP contribution in [0.5, 0.6) is 0 Å². The first-order valence-electron chi connectivity index (χ1n) is 4.70. The average Bonchev–Trinajstić information content (AvgIpc) is 2.82. The number of alkyl halides is 1. The normalized spacial score (nSPS) is 29.5. The van der Waals surface area contributed by atoms with Gasteiger partial charge in [-0.3, -0.25) is 0 Å². The fourth-order valence-electron chi connectivity index (χ4n) is 1.70. The van der Waals surface area contributed by atoms with Gasteiger partial charge in [-0.05, 0) is 4.92 Å². The Hall–Kier alpha value is -1.54. The van der Waals surface area contributed by atoms with Crippen LogP contribution in [0, 0.1) is 10.1 Å². The highest BCUT2D eigenvalue weighted by Crippen LogP contribution is 2.31. The Bertz CT molecular complexity index is 396. The highest BCUT2D eigenvalue weighted by Gasteiger charge is 2.38. The lowest BCUT2D eigenvalue weighted by molar-refractivity contribution is -0.398. The molecule has 0 spiro atoms. The zero-order chi connectivity index (χ0) is 11.7. The maximum absolute atomic E-state index is 12.4. The van der Waals surface area contributed by atoms with Crippen LogP contribution in [0.3, 0.4) is 0 Å². The van der Waals surface area contributed by atoms with Crippen molar-refractivity contribution in [3.05, 3.63) is 22.5 Å². The van der Waals surface area contributed by atoms with Crippen molar-refractivity contribution in [1.82, 2.24) is 9.55 Å². The summed E-state index contributed by atoms with van der Waals surface area (Å²) in [5.74, 6) is -0.378. The van der Waals surface area contributed by atoms with E-state index in [2.05, 4.69) is 4.98 Å². The van der Waals surface area contributed by atoms with Crippen molar-refractivity contribution in [3.63, 3.8) is 0 Å². The van der Waals surface area contributed by atoms with E-state index >= 15 is 0 Å². The summed E-state index contributed by atoms with van der Waals surface area (Å²) in [7, 11) is 0. The van der Waals surface area contributed by atoms with E-state index in [9.17, 15) is 19.6 Å². The van der Waals surface area contributed by atoms with E-state index in [1.165, 1.54) is 17.0 Å². The van der Waals surface area contributed by atoms with Crippen molar-refractivity contribution in [2.24, 2.45) is 0 Å². The molecule has 0 aromatic carbocycles. The van der Waals surface area contributed by atoms with Crippen molar-refractivity contribution < 1.29 is 19.2 Å². The average molecular weight is 230 g/mol. The van der Waals surface area contributed by atoms with Crippen LogP contribution in [-0.2, 0) is 4.74 Å². The van der Waals surface area contributed by atoms with Gasteiger partial charge in [0.25, 0.3) is 0 Å². The molecule has 1 saturated heterocycles. The highest BCUT2D eigenvalue weighted by molar-refractivity contribution is 5.08. The van der Waals surface area contributed by atoms with Gasteiger partial charge < -0.3 is 20.0 Å². The fraction of sp³-hybridized carbons (Fsp3) is 0.625. The van der Waals surface area contributed by atoms with Crippen LogP contribution in [0.2, 0.25) is 0 Å². The monoisotopic (exact) mass is 230 g/mol. The number of hydrogen-bond donors (Lipinski definition) is 1. The number of nitrogens with zero attached hydrogens (tertiary/aromatic N) is 3. The molecule has 3 atom stereocenters. The molecular weight excluding hydrogens is 220 g/mol. The predicted molar refractivity (Wildman–Crippen MR) is 49.4 cm³/mol. The summed E-state index contributed by atoms with van der Waals surface area (Å²) in [6.45, 7) is -0.819. The number of hydrogen-bond acceptors (Lipinski definition) is 5. The Morgan fingerprint density at radius 3 is 3.12 bits per heavy atom. The third-order valence-electron chi connectivity index (χ3n) is 2.48. The quantitative estimate of drug-likeness (QED) is 0.599. The molecular formula is C8H10FN3O4. The van der Waals surface area contributed by atoms with Crippen LogP contribution in [0.4, 0.5) is 10.3 Å². The van der Waals surface area contributed by atoms with E-state index in [4.69, 9.17) is 4.74 Å². The molecule has 0 aliphatic carbocycles. The lowest BCUT2D eigenvalue weighted by atomic mass is 10.2. The first kappa shape index (κ1) is 11.0. The van der Waals surface area contributed by atoms with E-state index < -0.39 is 30.0 Å². The first-order chi connectivity index (χ1) is 7.63. The minimum Gasteiger partial charge on any atom is -0.390 e. The molecule has 0 amide bonds. The highest BCUT2D eigenvalue weighted by atomic mass is 18.2. The van der Waals surface area contributed by atoms with Crippen LogP contribution in [0.15, 0.2) is 12.4 Å². The van der Waals surface area contributed by atoms with Crippen LogP contribution >= 0.6 is 0 Å². The Labute approximate surface area is 89.6 Å². The maximum Gasteiger partial charge on any atom is 0.436 e. The van der Waals surface area contributed by atoms with Crippen LogP contribution < -0.4 is 0 Å². The molecule has 1 aliphatic rings. The second kappa shape index (κ2) is 4.14. The largest absolute Gasteiger partial charge is 0.436 e. The van der Waals surface area contributed by atoms with E-state index in [-0.39, 0.29) is 12.4 Å². The van der Waals surface area contributed by atoms with Crippen LogP contribution in [-0.4, -0.2) is 38.5 Å². The van der Waals surface area contributed by atoms with Crippen LogP contribution in [0.1, 0.15) is 12.6 Å². The molecule has 1 aliphatic heterocycles. The molecule has 8 heteroatoms. The molecule has 16 heavy (non-hydrogen) atoms. The number of aliphatic hydroxyl groups is 1. The second-order valence-corrected chi connectivity index (χ2v) is 3.48.